The first kappa shape index (κ1) is 15.6. The highest BCUT2D eigenvalue weighted by Crippen LogP contribution is 2.23. The van der Waals surface area contributed by atoms with Crippen LogP contribution in [0.4, 0.5) is 0 Å². The molecule has 3 rings (SSSR count). The van der Waals surface area contributed by atoms with E-state index in [1.165, 1.54) is 11.1 Å². The predicted octanol–water partition coefficient (Wildman–Crippen LogP) is 2.52. The summed E-state index contributed by atoms with van der Waals surface area (Å²) in [5.74, 6) is -1.24. The van der Waals surface area contributed by atoms with Gasteiger partial charge in [0.15, 0.2) is 0 Å². The number of carbonyl (C=O) groups is 2. The lowest BCUT2D eigenvalue weighted by atomic mass is 10.2. The fourth-order valence-corrected chi connectivity index (χ4v) is 3.01. The summed E-state index contributed by atoms with van der Waals surface area (Å²) >= 11 is 5.88. The SMILES string of the molecule is Cc1c(C(=O)N2CCC[C@H]2C(=O)O)cnn1-c1ccc(Cl)cc1. The summed E-state index contributed by atoms with van der Waals surface area (Å²) in [6.45, 7) is 2.25. The van der Waals surface area contributed by atoms with Gasteiger partial charge in [-0.15, -0.1) is 0 Å². The number of rotatable bonds is 3. The van der Waals surface area contributed by atoms with Crippen LogP contribution in [0.2, 0.25) is 5.02 Å². The van der Waals surface area contributed by atoms with Crippen LogP contribution in [0.5, 0.6) is 0 Å². The smallest absolute Gasteiger partial charge is 0.326 e. The van der Waals surface area contributed by atoms with E-state index in [4.69, 9.17) is 11.6 Å². The second-order valence-corrected chi connectivity index (χ2v) is 5.96. The van der Waals surface area contributed by atoms with E-state index in [9.17, 15) is 14.7 Å². The molecule has 2 aromatic rings. The Morgan fingerprint density at radius 2 is 2.00 bits per heavy atom. The van der Waals surface area contributed by atoms with Crippen molar-refractivity contribution in [3.63, 3.8) is 0 Å². The topological polar surface area (TPSA) is 75.4 Å². The quantitative estimate of drug-likeness (QED) is 0.936. The molecule has 1 amide bonds. The molecule has 0 bridgehead atoms. The number of aliphatic carboxylic acids is 1. The minimum Gasteiger partial charge on any atom is -0.480 e. The first-order chi connectivity index (χ1) is 11.0. The third-order valence-electron chi connectivity index (χ3n) is 4.11. The van der Waals surface area contributed by atoms with Crippen LogP contribution in [0.3, 0.4) is 0 Å². The molecule has 1 aromatic heterocycles. The van der Waals surface area contributed by atoms with Crippen LogP contribution in [0.25, 0.3) is 5.69 Å². The highest BCUT2D eigenvalue weighted by Gasteiger charge is 2.35. The molecule has 2 heterocycles. The Labute approximate surface area is 138 Å². The number of likely N-dealkylation sites (tertiary alicyclic amines) is 1. The minimum atomic E-state index is -0.960. The highest BCUT2D eigenvalue weighted by atomic mass is 35.5. The van der Waals surface area contributed by atoms with E-state index in [0.29, 0.717) is 35.7 Å². The van der Waals surface area contributed by atoms with Gasteiger partial charge in [0.1, 0.15) is 6.04 Å². The van der Waals surface area contributed by atoms with E-state index >= 15 is 0 Å². The van der Waals surface area contributed by atoms with Gasteiger partial charge in [0.2, 0.25) is 0 Å². The van der Waals surface area contributed by atoms with E-state index in [0.717, 1.165) is 5.69 Å². The molecule has 1 saturated heterocycles. The summed E-state index contributed by atoms with van der Waals surface area (Å²) in [5, 5.41) is 14.1. The fourth-order valence-electron chi connectivity index (χ4n) is 2.88. The summed E-state index contributed by atoms with van der Waals surface area (Å²) in [4.78, 5) is 25.3. The molecule has 0 radical (unpaired) electrons. The molecule has 23 heavy (non-hydrogen) atoms. The van der Waals surface area contributed by atoms with Gasteiger partial charge in [-0.2, -0.15) is 5.10 Å². The van der Waals surface area contributed by atoms with Gasteiger partial charge in [0, 0.05) is 11.6 Å². The van der Waals surface area contributed by atoms with Crippen LogP contribution >= 0.6 is 11.6 Å². The van der Waals surface area contributed by atoms with Gasteiger partial charge in [0.05, 0.1) is 23.1 Å². The number of carboxylic acids is 1. The number of hydrogen-bond donors (Lipinski definition) is 1. The molecule has 1 fully saturated rings. The van der Waals surface area contributed by atoms with Crippen molar-refractivity contribution in [1.29, 1.82) is 0 Å². The van der Waals surface area contributed by atoms with E-state index in [1.54, 1.807) is 23.7 Å². The number of halogens is 1. The number of amides is 1. The molecule has 0 saturated carbocycles. The molecule has 1 N–H and O–H groups in total. The van der Waals surface area contributed by atoms with E-state index in [-0.39, 0.29) is 5.91 Å². The molecule has 0 aliphatic carbocycles. The third kappa shape index (κ3) is 2.82. The molecule has 120 valence electrons. The van der Waals surface area contributed by atoms with Crippen molar-refractivity contribution in [3.05, 3.63) is 46.7 Å². The molecule has 1 aliphatic heterocycles. The van der Waals surface area contributed by atoms with Gasteiger partial charge in [-0.05, 0) is 44.0 Å². The molecule has 1 atom stereocenters. The van der Waals surface area contributed by atoms with Gasteiger partial charge >= 0.3 is 5.97 Å². The van der Waals surface area contributed by atoms with Gasteiger partial charge in [0.25, 0.3) is 5.91 Å². The molecule has 7 heteroatoms. The largest absolute Gasteiger partial charge is 0.480 e. The van der Waals surface area contributed by atoms with Crippen molar-refractivity contribution < 1.29 is 14.7 Å². The Morgan fingerprint density at radius 3 is 2.65 bits per heavy atom. The van der Waals surface area contributed by atoms with Crippen molar-refractivity contribution in [1.82, 2.24) is 14.7 Å². The number of aromatic nitrogens is 2. The lowest BCUT2D eigenvalue weighted by Gasteiger charge is -2.21. The fraction of sp³-hybridized carbons (Fsp3) is 0.312. The summed E-state index contributed by atoms with van der Waals surface area (Å²) < 4.78 is 1.65. The van der Waals surface area contributed by atoms with Gasteiger partial charge in [-0.25, -0.2) is 9.48 Å². The van der Waals surface area contributed by atoms with Gasteiger partial charge < -0.3 is 10.0 Å². The van der Waals surface area contributed by atoms with Crippen LogP contribution in [0.1, 0.15) is 28.9 Å². The Bertz CT molecular complexity index is 754. The number of carboxylic acid groups (broad SMARTS) is 1. The molecule has 0 spiro atoms. The zero-order chi connectivity index (χ0) is 16.6. The minimum absolute atomic E-state index is 0.285. The lowest BCUT2D eigenvalue weighted by Crippen LogP contribution is -2.40. The van der Waals surface area contributed by atoms with Crippen molar-refractivity contribution in [2.75, 3.05) is 6.54 Å². The maximum absolute atomic E-state index is 12.7. The second kappa shape index (κ2) is 6.04. The van der Waals surface area contributed by atoms with Crippen molar-refractivity contribution in [2.24, 2.45) is 0 Å². The van der Waals surface area contributed by atoms with E-state index < -0.39 is 12.0 Å². The van der Waals surface area contributed by atoms with Crippen LogP contribution < -0.4 is 0 Å². The Morgan fingerprint density at radius 1 is 1.30 bits per heavy atom. The average molecular weight is 334 g/mol. The Hall–Kier alpha value is -2.34. The van der Waals surface area contributed by atoms with Crippen LogP contribution in [-0.4, -0.2) is 44.3 Å². The van der Waals surface area contributed by atoms with Crippen LogP contribution in [0, 0.1) is 6.92 Å². The summed E-state index contributed by atoms with van der Waals surface area (Å²) in [6.07, 6.45) is 2.68. The first-order valence-corrected chi connectivity index (χ1v) is 7.71. The summed E-state index contributed by atoms with van der Waals surface area (Å²) in [7, 11) is 0. The lowest BCUT2D eigenvalue weighted by molar-refractivity contribution is -0.141. The molecular formula is C16H16ClN3O3. The standard InChI is InChI=1S/C16H16ClN3O3/c1-10-13(15(21)19-8-2-3-14(19)16(22)23)9-18-20(10)12-6-4-11(17)5-7-12/h4-7,9,14H,2-3,8H2,1H3,(H,22,23)/t14-/m0/s1. The zero-order valence-corrected chi connectivity index (χ0v) is 13.3. The van der Waals surface area contributed by atoms with Crippen LogP contribution in [-0.2, 0) is 4.79 Å². The normalized spacial score (nSPS) is 17.5. The maximum Gasteiger partial charge on any atom is 0.326 e. The Balaban J connectivity index is 1.91. The third-order valence-corrected chi connectivity index (χ3v) is 4.36. The molecule has 6 nitrogen and oxygen atoms in total. The summed E-state index contributed by atoms with van der Waals surface area (Å²) in [6, 6.07) is 6.38. The van der Waals surface area contributed by atoms with Crippen molar-refractivity contribution in [3.8, 4) is 5.69 Å². The van der Waals surface area contributed by atoms with Crippen LogP contribution in [0.15, 0.2) is 30.5 Å². The summed E-state index contributed by atoms with van der Waals surface area (Å²) in [5.41, 5.74) is 1.89. The molecule has 1 aliphatic rings. The van der Waals surface area contributed by atoms with E-state index in [2.05, 4.69) is 5.10 Å². The zero-order valence-electron chi connectivity index (χ0n) is 12.6. The van der Waals surface area contributed by atoms with Gasteiger partial charge in [-0.1, -0.05) is 11.6 Å². The van der Waals surface area contributed by atoms with E-state index in [1.807, 2.05) is 12.1 Å². The van der Waals surface area contributed by atoms with Gasteiger partial charge in [-0.3, -0.25) is 4.79 Å². The molecule has 1 aromatic carbocycles. The van der Waals surface area contributed by atoms with Crippen molar-refractivity contribution >= 4 is 23.5 Å². The van der Waals surface area contributed by atoms with Crippen molar-refractivity contribution in [2.45, 2.75) is 25.8 Å². The monoisotopic (exact) mass is 333 g/mol. The number of benzene rings is 1. The average Bonchev–Trinajstić information content (AvgIpc) is 3.14. The highest BCUT2D eigenvalue weighted by molar-refractivity contribution is 6.30. The number of nitrogens with zero attached hydrogens (tertiary/aromatic N) is 3. The second-order valence-electron chi connectivity index (χ2n) is 5.53. The number of hydrogen-bond acceptors (Lipinski definition) is 3. The molecular weight excluding hydrogens is 318 g/mol. The first-order valence-electron chi connectivity index (χ1n) is 7.33. The number of carbonyl (C=O) groups excluding carboxylic acids is 1. The molecule has 0 unspecified atom stereocenters. The maximum atomic E-state index is 12.7. The Kier molecular flexibility index (Phi) is 4.09. The predicted molar refractivity (Wildman–Crippen MR) is 85.0 cm³/mol.